The number of anilines is 6. The lowest BCUT2D eigenvalue weighted by Gasteiger charge is -2.40. The summed E-state index contributed by atoms with van der Waals surface area (Å²) in [5, 5.41) is 4.32. The van der Waals surface area contributed by atoms with Crippen molar-refractivity contribution >= 4 is 57.6 Å². The van der Waals surface area contributed by atoms with Crippen LogP contribution in [0.3, 0.4) is 0 Å². The van der Waals surface area contributed by atoms with E-state index in [9.17, 15) is 0 Å². The van der Waals surface area contributed by atoms with Gasteiger partial charge in [-0.2, -0.15) is 0 Å². The highest BCUT2D eigenvalue weighted by atomic mass is 16.5. The molecule has 10 aromatic carbocycles. The lowest BCUT2D eigenvalue weighted by molar-refractivity contribution is 0.436. The summed E-state index contributed by atoms with van der Waals surface area (Å²) in [6.45, 7) is 8.47. The quantitative estimate of drug-likeness (QED) is 0.152. The Bertz CT molecular complexity index is 3590. The molecule has 312 valence electrons. The van der Waals surface area contributed by atoms with Gasteiger partial charge in [-0.1, -0.05) is 177 Å². The number of hydrogen-bond donors (Lipinski definition) is 0. The number of rotatable bonds is 8. The molecular formula is C63H44N2O. The minimum Gasteiger partial charge on any atom is -0.457 e. The fourth-order valence-corrected chi connectivity index (χ4v) is 10.5. The zero-order valence-electron chi connectivity index (χ0n) is 36.3. The van der Waals surface area contributed by atoms with Crippen LogP contribution in [0, 0.1) is 0 Å². The van der Waals surface area contributed by atoms with Crippen LogP contribution in [0.5, 0.6) is 11.5 Å². The molecule has 2 aliphatic rings. The van der Waals surface area contributed by atoms with Crippen molar-refractivity contribution in [2.24, 2.45) is 0 Å². The van der Waals surface area contributed by atoms with Crippen LogP contribution in [0.4, 0.5) is 34.1 Å². The Hall–Kier alpha value is -8.66. The average Bonchev–Trinajstić information content (AvgIpc) is 3.66. The van der Waals surface area contributed by atoms with Gasteiger partial charge in [0.2, 0.25) is 0 Å². The van der Waals surface area contributed by atoms with E-state index in [1.807, 2.05) is 12.2 Å². The van der Waals surface area contributed by atoms with E-state index >= 15 is 0 Å². The molecule has 10 aromatic rings. The summed E-state index contributed by atoms with van der Waals surface area (Å²) in [5.74, 6) is 1.73. The molecule has 0 fully saturated rings. The number of nitrogens with zero attached hydrogens (tertiary/aromatic N) is 2. The average molecular weight is 845 g/mol. The van der Waals surface area contributed by atoms with E-state index in [0.29, 0.717) is 0 Å². The lowest BCUT2D eigenvalue weighted by Crippen LogP contribution is -2.32. The first kappa shape index (κ1) is 39.0. The fraction of sp³-hybridized carbons (Fsp3) is 0.0159. The van der Waals surface area contributed by atoms with Gasteiger partial charge in [-0.15, -0.1) is 0 Å². The standard InChI is InChI=1S/C63H44N2O/c1-3-19-44-34-36-50(38-43(44)2)64(48-22-6-4-7-23-48)52-40-47(41-53(42-52)65(49-24-8-5-9-25-49)51-37-35-45-20-10-11-21-46(45)39-51)54-27-18-28-56-55-26-12-13-29-57(55)63(62(54)56)58-30-14-16-32-60(58)66-61-33-17-15-31-59(61)63/h3-42H,1-2H2/b44-19-. The van der Waals surface area contributed by atoms with Gasteiger partial charge < -0.3 is 14.5 Å². The van der Waals surface area contributed by atoms with Crippen molar-refractivity contribution in [2.45, 2.75) is 5.41 Å². The minimum atomic E-state index is -0.666. The number of benzene rings is 10. The lowest BCUT2D eigenvalue weighted by atomic mass is 9.64. The van der Waals surface area contributed by atoms with E-state index in [1.165, 1.54) is 33.0 Å². The van der Waals surface area contributed by atoms with Gasteiger partial charge in [-0.05, 0) is 133 Å². The van der Waals surface area contributed by atoms with Crippen LogP contribution < -0.4 is 25.0 Å². The Morgan fingerprint density at radius 2 is 0.924 bits per heavy atom. The van der Waals surface area contributed by atoms with Gasteiger partial charge in [-0.25, -0.2) is 0 Å². The molecule has 0 atom stereocenters. The molecule has 1 spiro atoms. The van der Waals surface area contributed by atoms with Gasteiger partial charge in [0.15, 0.2) is 0 Å². The molecule has 0 radical (unpaired) electrons. The minimum absolute atomic E-state index is 0.666. The first-order chi connectivity index (χ1) is 32.6. The first-order valence-electron chi connectivity index (χ1n) is 22.5. The third-order valence-electron chi connectivity index (χ3n) is 13.3. The summed E-state index contributed by atoms with van der Waals surface area (Å²) in [7, 11) is 0. The molecule has 1 aliphatic heterocycles. The topological polar surface area (TPSA) is 15.7 Å². The predicted octanol–water partition coefficient (Wildman–Crippen LogP) is 15.3. The molecule has 1 heterocycles. The van der Waals surface area contributed by atoms with Gasteiger partial charge >= 0.3 is 0 Å². The van der Waals surface area contributed by atoms with Crippen LogP contribution in [0.25, 0.3) is 45.7 Å². The van der Waals surface area contributed by atoms with Crippen molar-refractivity contribution in [1.82, 2.24) is 0 Å². The van der Waals surface area contributed by atoms with Gasteiger partial charge in [0.05, 0.1) is 5.41 Å². The molecule has 0 bridgehead atoms. The molecule has 0 aromatic heterocycles. The van der Waals surface area contributed by atoms with Gasteiger partial charge in [0.1, 0.15) is 11.5 Å². The van der Waals surface area contributed by atoms with E-state index in [-0.39, 0.29) is 0 Å². The maximum atomic E-state index is 6.77. The molecule has 12 rings (SSSR count). The van der Waals surface area contributed by atoms with E-state index in [0.717, 1.165) is 78.3 Å². The summed E-state index contributed by atoms with van der Waals surface area (Å²) in [5.41, 5.74) is 14.9. The molecule has 0 saturated carbocycles. The van der Waals surface area contributed by atoms with Crippen molar-refractivity contribution in [3.63, 3.8) is 0 Å². The molecule has 3 heteroatoms. The normalized spacial score (nSPS) is 13.0. The van der Waals surface area contributed by atoms with Crippen LogP contribution in [-0.4, -0.2) is 0 Å². The third-order valence-corrected chi connectivity index (χ3v) is 13.3. The second-order valence-corrected chi connectivity index (χ2v) is 17.0. The fourth-order valence-electron chi connectivity index (χ4n) is 10.5. The number of ether oxygens (including phenoxy) is 1. The molecule has 66 heavy (non-hydrogen) atoms. The Kier molecular flexibility index (Phi) is 9.36. The third kappa shape index (κ3) is 6.20. The Balaban J connectivity index is 1.19. The van der Waals surface area contributed by atoms with E-state index in [1.54, 1.807) is 0 Å². The zero-order chi connectivity index (χ0) is 44.2. The van der Waals surface area contributed by atoms with Gasteiger partial charge in [0, 0.05) is 45.3 Å². The molecule has 1 aliphatic carbocycles. The monoisotopic (exact) mass is 844 g/mol. The van der Waals surface area contributed by atoms with E-state index in [4.69, 9.17) is 4.74 Å². The first-order valence-corrected chi connectivity index (χ1v) is 22.5. The van der Waals surface area contributed by atoms with E-state index < -0.39 is 5.41 Å². The Labute approximate surface area is 385 Å². The molecule has 0 amide bonds. The number of fused-ring (bicyclic) bond motifs is 10. The van der Waals surface area contributed by atoms with Crippen molar-refractivity contribution in [3.8, 4) is 33.8 Å². The highest BCUT2D eigenvalue weighted by Gasteiger charge is 2.52. The van der Waals surface area contributed by atoms with Crippen LogP contribution >= 0.6 is 0 Å². The maximum Gasteiger partial charge on any atom is 0.132 e. The van der Waals surface area contributed by atoms with Gasteiger partial charge in [0.25, 0.3) is 0 Å². The van der Waals surface area contributed by atoms with Crippen LogP contribution in [0.15, 0.2) is 243 Å². The number of para-hydroxylation sites is 4. The van der Waals surface area contributed by atoms with Crippen molar-refractivity contribution in [1.29, 1.82) is 0 Å². The second kappa shape index (κ2) is 15.8. The summed E-state index contributed by atoms with van der Waals surface area (Å²) in [6.07, 6.45) is 3.83. The molecule has 0 N–H and O–H groups in total. The summed E-state index contributed by atoms with van der Waals surface area (Å²) in [6, 6.07) is 83.3. The van der Waals surface area contributed by atoms with Gasteiger partial charge in [-0.3, -0.25) is 0 Å². The largest absolute Gasteiger partial charge is 0.457 e. The van der Waals surface area contributed by atoms with Crippen LogP contribution in [-0.2, 0) is 5.41 Å². The highest BCUT2D eigenvalue weighted by Crippen LogP contribution is 2.64. The van der Waals surface area contributed by atoms with Crippen LogP contribution in [0.2, 0.25) is 0 Å². The predicted molar refractivity (Wildman–Crippen MR) is 276 cm³/mol. The summed E-state index contributed by atoms with van der Waals surface area (Å²) >= 11 is 0. The smallest absolute Gasteiger partial charge is 0.132 e. The Morgan fingerprint density at radius 1 is 0.394 bits per heavy atom. The second-order valence-electron chi connectivity index (χ2n) is 17.0. The SMILES string of the molecule is C=C/C=c1/ccc(N(c2ccccc2)c2cc(-c3cccc4c3C3(c5ccccc5Oc5ccccc53)c3ccccc3-4)cc(N(c3ccccc3)c3ccc4ccccc4c3)c2)cc1=C. The molecule has 0 saturated heterocycles. The highest BCUT2D eigenvalue weighted by molar-refractivity contribution is 5.97. The summed E-state index contributed by atoms with van der Waals surface area (Å²) in [4.78, 5) is 4.75. The van der Waals surface area contributed by atoms with E-state index in [2.05, 4.69) is 253 Å². The molecule has 0 unspecified atom stereocenters. The van der Waals surface area contributed by atoms with Crippen LogP contribution in [0.1, 0.15) is 22.3 Å². The maximum absolute atomic E-state index is 6.77. The van der Waals surface area contributed by atoms with Crippen molar-refractivity contribution in [2.75, 3.05) is 9.80 Å². The summed E-state index contributed by atoms with van der Waals surface area (Å²) < 4.78 is 6.77. The zero-order valence-corrected chi connectivity index (χ0v) is 36.3. The molecular weight excluding hydrogens is 801 g/mol. The van der Waals surface area contributed by atoms with Crippen molar-refractivity contribution in [3.05, 3.63) is 276 Å². The molecule has 3 nitrogen and oxygen atoms in total. The number of allylic oxidation sites excluding steroid dienone is 1. The number of hydrogen-bond acceptors (Lipinski definition) is 3. The van der Waals surface area contributed by atoms with Crippen molar-refractivity contribution < 1.29 is 4.74 Å². The Morgan fingerprint density at radius 3 is 1.58 bits per heavy atom.